The predicted molar refractivity (Wildman–Crippen MR) is 196 cm³/mol. The van der Waals surface area contributed by atoms with Crippen LogP contribution in [0.2, 0.25) is 0 Å². The van der Waals surface area contributed by atoms with Gasteiger partial charge in [0.1, 0.15) is 11.3 Å². The van der Waals surface area contributed by atoms with Crippen molar-refractivity contribution in [2.45, 2.75) is 61.0 Å². The van der Waals surface area contributed by atoms with Crippen LogP contribution in [-0.2, 0) is 24.6 Å². The molecule has 7 aromatic rings. The van der Waals surface area contributed by atoms with Crippen molar-refractivity contribution in [2.75, 3.05) is 0 Å². The van der Waals surface area contributed by atoms with E-state index < -0.39 is 0 Å². The number of fused-ring (bicyclic) bond motifs is 2. The molecular formula is C34H30N8O2S4. The fraction of sp³-hybridized carbons (Fsp3) is 0.235. The number of thioether (sulfide) groups is 2. The summed E-state index contributed by atoms with van der Waals surface area (Å²) in [6, 6.07) is 15.9. The summed E-state index contributed by atoms with van der Waals surface area (Å²) in [6.07, 6.45) is 3.69. The number of pyridine rings is 4. The van der Waals surface area contributed by atoms with Gasteiger partial charge in [-0.15, -0.1) is 20.4 Å². The molecule has 0 spiro atoms. The van der Waals surface area contributed by atoms with Gasteiger partial charge < -0.3 is 9.13 Å². The number of nitrogens with zero attached hydrogens (tertiary/aromatic N) is 8. The topological polar surface area (TPSA) is 121 Å². The lowest BCUT2D eigenvalue weighted by Crippen LogP contribution is -2.13. The Morgan fingerprint density at radius 2 is 1.02 bits per heavy atom. The third-order valence-corrected chi connectivity index (χ3v) is 12.1. The lowest BCUT2D eigenvalue weighted by atomic mass is 10.2. The summed E-state index contributed by atoms with van der Waals surface area (Å²) in [4.78, 5) is 35.7. The molecule has 6 aromatic heterocycles. The summed E-state index contributed by atoms with van der Waals surface area (Å²) in [6.45, 7) is 9.31. The van der Waals surface area contributed by atoms with Crippen molar-refractivity contribution in [1.29, 1.82) is 0 Å². The van der Waals surface area contributed by atoms with E-state index in [0.717, 1.165) is 42.7 Å². The first-order valence-corrected chi connectivity index (χ1v) is 18.9. The third-order valence-electron chi connectivity index (χ3n) is 7.82. The Kier molecular flexibility index (Phi) is 9.23. The maximum absolute atomic E-state index is 13.3. The number of aryl methyl sites for hydroxylation is 4. The standard InChI is InChI=1S/C34H30N8O2S4/c1-5-41-15-25(27(43)23-13-7-19(3)35-29(23)41)31-37-39-33(47-31)45-17-21-9-11-22(12-10-21)18-46-34-40-38-32(48-34)26-16-42(6-2)30-24(28(26)44)14-8-20(4)36-30/h7-16H,5-6,17-18H2,1-4H3. The van der Waals surface area contributed by atoms with Gasteiger partial charge in [-0.1, -0.05) is 70.5 Å². The first kappa shape index (κ1) is 32.3. The Balaban J connectivity index is 0.990. The van der Waals surface area contributed by atoms with Crippen molar-refractivity contribution in [3.63, 3.8) is 0 Å². The van der Waals surface area contributed by atoms with Crippen molar-refractivity contribution in [2.24, 2.45) is 0 Å². The van der Waals surface area contributed by atoms with E-state index in [4.69, 9.17) is 0 Å². The number of rotatable bonds is 10. The van der Waals surface area contributed by atoms with E-state index in [1.165, 1.54) is 22.7 Å². The molecular weight excluding hydrogens is 681 g/mol. The van der Waals surface area contributed by atoms with Crippen molar-refractivity contribution >= 4 is 68.3 Å². The van der Waals surface area contributed by atoms with Crippen LogP contribution >= 0.6 is 46.2 Å². The summed E-state index contributed by atoms with van der Waals surface area (Å²) in [5.74, 6) is 1.47. The van der Waals surface area contributed by atoms with Crippen molar-refractivity contribution in [3.05, 3.63) is 104 Å². The molecule has 48 heavy (non-hydrogen) atoms. The zero-order valence-electron chi connectivity index (χ0n) is 26.6. The van der Waals surface area contributed by atoms with Crippen LogP contribution in [0.5, 0.6) is 0 Å². The highest BCUT2D eigenvalue weighted by Gasteiger charge is 2.17. The Hall–Kier alpha value is -4.24. The van der Waals surface area contributed by atoms with Crippen LogP contribution in [0.25, 0.3) is 43.2 Å². The molecule has 0 N–H and O–H groups in total. The van der Waals surface area contributed by atoms with Gasteiger partial charge >= 0.3 is 0 Å². The van der Waals surface area contributed by atoms with E-state index >= 15 is 0 Å². The lowest BCUT2D eigenvalue weighted by Gasteiger charge is -2.09. The molecule has 0 radical (unpaired) electrons. The second-order valence-electron chi connectivity index (χ2n) is 11.1. The van der Waals surface area contributed by atoms with Crippen LogP contribution in [0.4, 0.5) is 0 Å². The second-order valence-corrected chi connectivity index (χ2v) is 15.5. The first-order valence-electron chi connectivity index (χ1n) is 15.3. The summed E-state index contributed by atoms with van der Waals surface area (Å²) < 4.78 is 5.60. The Bertz CT molecular complexity index is 2250. The quantitative estimate of drug-likeness (QED) is 0.133. The molecule has 0 aliphatic rings. The van der Waals surface area contributed by atoms with Gasteiger partial charge in [0, 0.05) is 48.4 Å². The first-order chi connectivity index (χ1) is 23.3. The average Bonchev–Trinajstić information content (AvgIpc) is 3.77. The molecule has 0 amide bonds. The van der Waals surface area contributed by atoms with Gasteiger partial charge in [-0.3, -0.25) is 9.59 Å². The molecule has 10 nitrogen and oxygen atoms in total. The van der Waals surface area contributed by atoms with Gasteiger partial charge in [0.05, 0.1) is 21.9 Å². The summed E-state index contributed by atoms with van der Waals surface area (Å²) in [5.41, 5.74) is 6.41. The zero-order chi connectivity index (χ0) is 33.4. The monoisotopic (exact) mass is 710 g/mol. The van der Waals surface area contributed by atoms with E-state index in [1.807, 2.05) is 73.5 Å². The van der Waals surface area contributed by atoms with E-state index in [-0.39, 0.29) is 10.9 Å². The highest BCUT2D eigenvalue weighted by atomic mass is 32.2. The minimum absolute atomic E-state index is 0.0748. The van der Waals surface area contributed by atoms with E-state index in [0.29, 0.717) is 56.3 Å². The number of hydrogen-bond acceptors (Lipinski definition) is 12. The Morgan fingerprint density at radius 3 is 1.42 bits per heavy atom. The van der Waals surface area contributed by atoms with Gasteiger partial charge in [0.15, 0.2) is 18.7 Å². The molecule has 0 atom stereocenters. The number of hydrogen-bond donors (Lipinski definition) is 0. The molecule has 14 heteroatoms. The molecule has 0 aliphatic heterocycles. The molecule has 0 saturated heterocycles. The summed E-state index contributed by atoms with van der Waals surface area (Å²) in [5, 5.41) is 19.9. The molecule has 1 aromatic carbocycles. The molecule has 0 fully saturated rings. The average molecular weight is 711 g/mol. The summed E-state index contributed by atoms with van der Waals surface area (Å²) in [7, 11) is 0. The molecule has 7 rings (SSSR count). The summed E-state index contributed by atoms with van der Waals surface area (Å²) >= 11 is 6.07. The SMILES string of the molecule is CCn1cc(-c2nnc(SCc3ccc(CSc4nnc(-c5cn(CC)c6nc(C)ccc6c5=O)s4)cc3)s2)c(=O)c2ccc(C)nc21. The van der Waals surface area contributed by atoms with Crippen LogP contribution in [0.15, 0.2) is 79.2 Å². The van der Waals surface area contributed by atoms with E-state index in [1.54, 1.807) is 23.5 Å². The van der Waals surface area contributed by atoms with Crippen molar-refractivity contribution in [3.8, 4) is 21.1 Å². The molecule has 0 bridgehead atoms. The van der Waals surface area contributed by atoms with Gasteiger partial charge in [0.2, 0.25) is 10.9 Å². The fourth-order valence-electron chi connectivity index (χ4n) is 5.28. The number of benzene rings is 1. The Labute approximate surface area is 292 Å². The largest absolute Gasteiger partial charge is 0.332 e. The van der Waals surface area contributed by atoms with Gasteiger partial charge in [0.25, 0.3) is 0 Å². The van der Waals surface area contributed by atoms with Crippen LogP contribution in [-0.4, -0.2) is 39.5 Å². The molecule has 6 heterocycles. The minimum Gasteiger partial charge on any atom is -0.332 e. The fourth-order valence-corrected chi connectivity index (χ4v) is 8.91. The minimum atomic E-state index is -0.0748. The maximum Gasteiger partial charge on any atom is 0.201 e. The maximum atomic E-state index is 13.3. The zero-order valence-corrected chi connectivity index (χ0v) is 29.9. The molecule has 0 aliphatic carbocycles. The molecule has 242 valence electrons. The van der Waals surface area contributed by atoms with Crippen LogP contribution in [0, 0.1) is 13.8 Å². The predicted octanol–water partition coefficient (Wildman–Crippen LogP) is 7.38. The van der Waals surface area contributed by atoms with Gasteiger partial charge in [-0.05, 0) is 63.1 Å². The van der Waals surface area contributed by atoms with E-state index in [9.17, 15) is 9.59 Å². The lowest BCUT2D eigenvalue weighted by molar-refractivity contribution is 0.776. The van der Waals surface area contributed by atoms with Crippen molar-refractivity contribution in [1.82, 2.24) is 39.5 Å². The van der Waals surface area contributed by atoms with Gasteiger partial charge in [-0.25, -0.2) is 9.97 Å². The van der Waals surface area contributed by atoms with Crippen molar-refractivity contribution < 1.29 is 0 Å². The highest BCUT2D eigenvalue weighted by Crippen LogP contribution is 2.33. The Morgan fingerprint density at radius 1 is 0.604 bits per heavy atom. The third kappa shape index (κ3) is 6.44. The van der Waals surface area contributed by atoms with Crippen LogP contribution in [0.1, 0.15) is 36.4 Å². The van der Waals surface area contributed by atoms with E-state index in [2.05, 4.69) is 54.6 Å². The van der Waals surface area contributed by atoms with Gasteiger partial charge in [-0.2, -0.15) is 0 Å². The van der Waals surface area contributed by atoms with Crippen LogP contribution in [0.3, 0.4) is 0 Å². The molecule has 0 unspecified atom stereocenters. The highest BCUT2D eigenvalue weighted by molar-refractivity contribution is 8.00. The van der Waals surface area contributed by atoms with Crippen LogP contribution < -0.4 is 10.9 Å². The second kappa shape index (κ2) is 13.7. The smallest absolute Gasteiger partial charge is 0.201 e. The normalized spacial score (nSPS) is 11.6. The number of aromatic nitrogens is 8. The molecule has 0 saturated carbocycles.